The van der Waals surface area contributed by atoms with Gasteiger partial charge in [-0.2, -0.15) is 23.0 Å². The number of nitrogens with one attached hydrogen (secondary N) is 1. The molecule has 0 radical (unpaired) electrons. The zero-order valence-corrected chi connectivity index (χ0v) is 18.9. The third-order valence-corrected chi connectivity index (χ3v) is 5.51. The van der Waals surface area contributed by atoms with Crippen LogP contribution in [0.1, 0.15) is 35.9 Å². The number of carbonyl (C=O) groups excluding carboxylic acids is 1. The first-order valence-electron chi connectivity index (χ1n) is 10.1. The quantitative estimate of drug-likeness (QED) is 0.593. The number of aryl methyl sites for hydroxylation is 3. The van der Waals surface area contributed by atoms with Gasteiger partial charge in [0.05, 0.1) is 29.8 Å². The molecule has 4 rings (SSSR count). The molecule has 0 fully saturated rings. The molecule has 0 saturated carbocycles. The Labute approximate surface area is 188 Å². The average molecular weight is 443 g/mol. The summed E-state index contributed by atoms with van der Waals surface area (Å²) < 4.78 is 14.8. The van der Waals surface area contributed by atoms with E-state index >= 15 is 0 Å². The smallest absolute Gasteiger partial charge is 0.247 e. The minimum atomic E-state index is -0.483. The van der Waals surface area contributed by atoms with Crippen molar-refractivity contribution >= 4 is 30.8 Å². The topological polar surface area (TPSA) is 75.9 Å². The molecule has 3 aromatic rings. The van der Waals surface area contributed by atoms with Gasteiger partial charge in [-0.25, -0.2) is 4.98 Å². The van der Waals surface area contributed by atoms with Crippen LogP contribution in [0.5, 0.6) is 0 Å². The molecule has 1 atom stereocenters. The van der Waals surface area contributed by atoms with E-state index in [0.29, 0.717) is 6.54 Å². The summed E-state index contributed by atoms with van der Waals surface area (Å²) in [5.41, 5.74) is 5.64. The van der Waals surface area contributed by atoms with E-state index in [2.05, 4.69) is 21.5 Å². The Bertz CT molecular complexity index is 1070. The minimum absolute atomic E-state index is 0. The zero-order chi connectivity index (χ0) is 21.3. The molecule has 9 heteroatoms. The molecule has 0 saturated heterocycles. The molecule has 164 valence electrons. The van der Waals surface area contributed by atoms with Crippen molar-refractivity contribution in [2.45, 2.75) is 45.7 Å². The van der Waals surface area contributed by atoms with Crippen LogP contribution in [-0.2, 0) is 24.2 Å². The first-order valence-corrected chi connectivity index (χ1v) is 10.1. The number of fused-ring (bicyclic) bond motifs is 1. The Morgan fingerprint density at radius 3 is 2.71 bits per heavy atom. The fourth-order valence-electron chi connectivity index (χ4n) is 3.87. The lowest BCUT2D eigenvalue weighted by Crippen LogP contribution is -2.46. The van der Waals surface area contributed by atoms with Gasteiger partial charge in [0.15, 0.2) is 0 Å². The molecule has 4 heterocycles. The van der Waals surface area contributed by atoms with Crippen molar-refractivity contribution in [3.05, 3.63) is 65.3 Å². The maximum atomic E-state index is 12.9. The lowest BCUT2D eigenvalue weighted by atomic mass is 10.0. The number of likely N-dealkylation sites (N-methyl/N-ethyl adjacent to an activating group) is 1. The maximum Gasteiger partial charge on any atom is 0.247 e. The van der Waals surface area contributed by atoms with Crippen LogP contribution in [0.2, 0.25) is 0 Å². The van der Waals surface area contributed by atoms with E-state index in [1.807, 2.05) is 42.9 Å². The predicted molar refractivity (Wildman–Crippen MR) is 123 cm³/mol. The van der Waals surface area contributed by atoms with Gasteiger partial charge in [0.25, 0.3) is 0 Å². The largest absolute Gasteiger partial charge is 0.361 e. The Morgan fingerprint density at radius 1 is 1.19 bits per heavy atom. The molecule has 0 bridgehead atoms. The molecule has 0 spiro atoms. The van der Waals surface area contributed by atoms with Gasteiger partial charge in [-0.05, 0) is 49.4 Å². The summed E-state index contributed by atoms with van der Waals surface area (Å²) in [6.07, 6.45) is 7.70. The third-order valence-electron chi connectivity index (χ3n) is 5.51. The van der Waals surface area contributed by atoms with Crippen LogP contribution in [0, 0.1) is 12.9 Å². The fourth-order valence-corrected chi connectivity index (χ4v) is 3.87. The number of halogens is 1. The van der Waals surface area contributed by atoms with Crippen molar-refractivity contribution in [1.82, 2.24) is 19.7 Å². The number of aromatic nitrogens is 4. The molecule has 0 aliphatic carbocycles. The first kappa shape index (κ1) is 22.7. The Balaban J connectivity index is 0.00000272. The van der Waals surface area contributed by atoms with Crippen LogP contribution >= 0.6 is 13.5 Å². The van der Waals surface area contributed by atoms with Crippen molar-refractivity contribution < 1.29 is 9.18 Å². The standard InChI is InChI=1S/C22H25FN6O.H2S/c1-4-18-22(30)27-21-14(2)26-17(9-19(21)28(18)3)7-5-16-11-25-29(13-16)12-15-6-8-20(23)24-10-15;/h6,8-11,13,18H,4-5,7,12H2,1-3H3,(H,27,30);1H2/t18-;/m0./s1. The van der Waals surface area contributed by atoms with Crippen molar-refractivity contribution in [2.24, 2.45) is 0 Å². The van der Waals surface area contributed by atoms with Crippen LogP contribution in [-0.4, -0.2) is 38.7 Å². The summed E-state index contributed by atoms with van der Waals surface area (Å²) in [7, 11) is 1.96. The molecule has 31 heavy (non-hydrogen) atoms. The molecular weight excluding hydrogens is 415 g/mol. The molecule has 1 aliphatic rings. The second-order valence-corrected chi connectivity index (χ2v) is 7.65. The number of hydrogen-bond acceptors (Lipinski definition) is 5. The zero-order valence-electron chi connectivity index (χ0n) is 17.9. The third kappa shape index (κ3) is 4.87. The second-order valence-electron chi connectivity index (χ2n) is 7.65. The minimum Gasteiger partial charge on any atom is -0.361 e. The number of rotatable bonds is 6. The van der Waals surface area contributed by atoms with Crippen molar-refractivity contribution in [3.63, 3.8) is 0 Å². The molecule has 0 unspecified atom stereocenters. The van der Waals surface area contributed by atoms with Gasteiger partial charge < -0.3 is 10.2 Å². The summed E-state index contributed by atoms with van der Waals surface area (Å²) >= 11 is 0. The Morgan fingerprint density at radius 2 is 2.00 bits per heavy atom. The molecule has 1 N–H and O–H groups in total. The van der Waals surface area contributed by atoms with E-state index in [1.165, 1.54) is 12.3 Å². The van der Waals surface area contributed by atoms with Crippen molar-refractivity contribution in [3.8, 4) is 0 Å². The summed E-state index contributed by atoms with van der Waals surface area (Å²) in [6, 6.07) is 4.97. The van der Waals surface area contributed by atoms with Crippen LogP contribution in [0.4, 0.5) is 15.8 Å². The van der Waals surface area contributed by atoms with Crippen molar-refractivity contribution in [2.75, 3.05) is 17.3 Å². The van der Waals surface area contributed by atoms with E-state index in [4.69, 9.17) is 4.98 Å². The number of anilines is 2. The van der Waals surface area contributed by atoms with Crippen LogP contribution in [0.15, 0.2) is 36.8 Å². The monoisotopic (exact) mass is 442 g/mol. The Hall–Kier alpha value is -2.94. The fraction of sp³-hybridized carbons (Fsp3) is 0.364. The lowest BCUT2D eigenvalue weighted by Gasteiger charge is -2.35. The second kappa shape index (κ2) is 9.47. The Kier molecular flexibility index (Phi) is 6.94. The van der Waals surface area contributed by atoms with Crippen LogP contribution in [0.25, 0.3) is 0 Å². The predicted octanol–water partition coefficient (Wildman–Crippen LogP) is 3.23. The van der Waals surface area contributed by atoms with Gasteiger partial charge in [0, 0.05) is 25.1 Å². The summed E-state index contributed by atoms with van der Waals surface area (Å²) in [5, 5.41) is 7.40. The SMILES string of the molecule is CC[C@H]1C(=O)Nc2c(cc(CCc3cnn(Cc4ccc(F)nc4)c3)nc2C)N1C.S. The highest BCUT2D eigenvalue weighted by Gasteiger charge is 2.30. The molecule has 3 aromatic heterocycles. The van der Waals surface area contributed by atoms with E-state index in [0.717, 1.165) is 53.2 Å². The van der Waals surface area contributed by atoms with Gasteiger partial charge >= 0.3 is 0 Å². The summed E-state index contributed by atoms with van der Waals surface area (Å²) in [4.78, 5) is 22.7. The van der Waals surface area contributed by atoms with E-state index in [9.17, 15) is 9.18 Å². The van der Waals surface area contributed by atoms with Crippen LogP contribution in [0.3, 0.4) is 0 Å². The van der Waals surface area contributed by atoms with E-state index in [1.54, 1.807) is 6.07 Å². The molecule has 1 aliphatic heterocycles. The summed E-state index contributed by atoms with van der Waals surface area (Å²) in [6.45, 7) is 4.49. The average Bonchev–Trinajstić information content (AvgIpc) is 3.17. The number of carbonyl (C=O) groups is 1. The number of nitrogens with zero attached hydrogens (tertiary/aromatic N) is 5. The van der Waals surface area contributed by atoms with Gasteiger partial charge in [0.2, 0.25) is 11.9 Å². The molecule has 1 amide bonds. The number of hydrogen-bond donors (Lipinski definition) is 1. The molecular formula is C22H27FN6OS. The van der Waals surface area contributed by atoms with E-state index in [-0.39, 0.29) is 25.4 Å². The first-order chi connectivity index (χ1) is 14.4. The van der Waals surface area contributed by atoms with Crippen LogP contribution < -0.4 is 10.2 Å². The van der Waals surface area contributed by atoms with Gasteiger partial charge in [-0.15, -0.1) is 0 Å². The van der Waals surface area contributed by atoms with Crippen molar-refractivity contribution in [1.29, 1.82) is 0 Å². The maximum absolute atomic E-state index is 12.9. The van der Waals surface area contributed by atoms with E-state index < -0.39 is 5.95 Å². The number of pyridine rings is 2. The summed E-state index contributed by atoms with van der Waals surface area (Å²) in [5.74, 6) is -0.461. The number of amides is 1. The van der Waals surface area contributed by atoms with Gasteiger partial charge in [0.1, 0.15) is 6.04 Å². The highest BCUT2D eigenvalue weighted by Crippen LogP contribution is 2.34. The normalized spacial score (nSPS) is 15.3. The highest BCUT2D eigenvalue weighted by molar-refractivity contribution is 7.59. The van der Waals surface area contributed by atoms with Gasteiger partial charge in [-0.3, -0.25) is 14.5 Å². The molecule has 0 aromatic carbocycles. The lowest BCUT2D eigenvalue weighted by molar-refractivity contribution is -0.117. The molecule has 7 nitrogen and oxygen atoms in total. The highest BCUT2D eigenvalue weighted by atomic mass is 32.1. The van der Waals surface area contributed by atoms with Gasteiger partial charge in [-0.1, -0.05) is 13.0 Å².